The fraction of sp³-hybridized carbons (Fsp3) is 0.636. The maximum absolute atomic E-state index is 12.8. The molecule has 0 spiro atoms. The Morgan fingerprint density at radius 2 is 1.96 bits per heavy atom. The molecule has 2 aliphatic heterocycles. The smallest absolute Gasteiger partial charge is 0.238 e. The van der Waals surface area contributed by atoms with Crippen molar-refractivity contribution in [3.8, 4) is 0 Å². The van der Waals surface area contributed by atoms with Gasteiger partial charge in [-0.1, -0.05) is 32.0 Å². The van der Waals surface area contributed by atoms with Crippen LogP contribution in [0.15, 0.2) is 18.2 Å². The van der Waals surface area contributed by atoms with Crippen LogP contribution in [0.25, 0.3) is 0 Å². The number of hydrogen-bond donors (Lipinski definition) is 1. The minimum Gasteiger partial charge on any atom is -0.378 e. The Hall–Kier alpha value is -1.92. The number of carbonyl (C=O) groups excluding carboxylic acids is 2. The van der Waals surface area contributed by atoms with Crippen LogP contribution in [-0.4, -0.2) is 67.6 Å². The third-order valence-corrected chi connectivity index (χ3v) is 5.74. The SMILES string of the molecule is Cc1cccc(C(C)C)c1NC(=O)CN1CCCC(C(=O)N2CCOCC2)C1. The number of morpholine rings is 1. The number of para-hydroxylation sites is 1. The van der Waals surface area contributed by atoms with E-state index in [9.17, 15) is 9.59 Å². The molecule has 0 radical (unpaired) electrons. The average Bonchev–Trinajstić information content (AvgIpc) is 2.69. The first kappa shape index (κ1) is 20.8. The zero-order valence-electron chi connectivity index (χ0n) is 17.4. The minimum absolute atomic E-state index is 0.00401. The summed E-state index contributed by atoms with van der Waals surface area (Å²) in [6, 6.07) is 6.14. The number of hydrogen-bond acceptors (Lipinski definition) is 4. The molecule has 154 valence electrons. The van der Waals surface area contributed by atoms with E-state index in [4.69, 9.17) is 4.74 Å². The van der Waals surface area contributed by atoms with Crippen molar-refractivity contribution in [2.45, 2.75) is 39.5 Å². The Morgan fingerprint density at radius 1 is 1.21 bits per heavy atom. The highest BCUT2D eigenvalue weighted by atomic mass is 16.5. The fourth-order valence-corrected chi connectivity index (χ4v) is 4.17. The van der Waals surface area contributed by atoms with Crippen molar-refractivity contribution in [1.29, 1.82) is 0 Å². The van der Waals surface area contributed by atoms with Crippen molar-refractivity contribution in [2.75, 3.05) is 51.3 Å². The van der Waals surface area contributed by atoms with Crippen LogP contribution in [0.4, 0.5) is 5.69 Å². The highest BCUT2D eigenvalue weighted by Crippen LogP contribution is 2.27. The maximum Gasteiger partial charge on any atom is 0.238 e. The summed E-state index contributed by atoms with van der Waals surface area (Å²) in [6.07, 6.45) is 1.86. The van der Waals surface area contributed by atoms with Crippen LogP contribution in [0.5, 0.6) is 0 Å². The maximum atomic E-state index is 12.8. The van der Waals surface area contributed by atoms with Gasteiger partial charge in [-0.15, -0.1) is 0 Å². The zero-order chi connectivity index (χ0) is 20.1. The van der Waals surface area contributed by atoms with Gasteiger partial charge in [0.2, 0.25) is 11.8 Å². The molecule has 0 saturated carbocycles. The number of piperidine rings is 1. The van der Waals surface area contributed by atoms with E-state index in [-0.39, 0.29) is 17.7 Å². The predicted molar refractivity (Wildman–Crippen MR) is 110 cm³/mol. The number of benzene rings is 1. The van der Waals surface area contributed by atoms with E-state index in [1.54, 1.807) is 0 Å². The molecule has 2 saturated heterocycles. The molecule has 0 bridgehead atoms. The first-order valence-corrected chi connectivity index (χ1v) is 10.4. The highest BCUT2D eigenvalue weighted by molar-refractivity contribution is 5.94. The van der Waals surface area contributed by atoms with Gasteiger partial charge < -0.3 is 15.0 Å². The van der Waals surface area contributed by atoms with Crippen molar-refractivity contribution in [1.82, 2.24) is 9.80 Å². The van der Waals surface area contributed by atoms with Crippen LogP contribution >= 0.6 is 0 Å². The molecule has 2 fully saturated rings. The monoisotopic (exact) mass is 387 g/mol. The van der Waals surface area contributed by atoms with Gasteiger partial charge >= 0.3 is 0 Å². The molecule has 1 unspecified atom stereocenters. The van der Waals surface area contributed by atoms with Gasteiger partial charge in [-0.3, -0.25) is 14.5 Å². The molecule has 1 aromatic carbocycles. The van der Waals surface area contributed by atoms with Crippen molar-refractivity contribution >= 4 is 17.5 Å². The van der Waals surface area contributed by atoms with Gasteiger partial charge in [0.1, 0.15) is 0 Å². The number of nitrogens with one attached hydrogen (secondary N) is 1. The van der Waals surface area contributed by atoms with E-state index in [0.29, 0.717) is 45.3 Å². The van der Waals surface area contributed by atoms with Gasteiger partial charge in [-0.05, 0) is 43.4 Å². The number of rotatable bonds is 5. The van der Waals surface area contributed by atoms with Crippen molar-refractivity contribution < 1.29 is 14.3 Å². The third-order valence-electron chi connectivity index (χ3n) is 5.74. The summed E-state index contributed by atoms with van der Waals surface area (Å²) in [5.74, 6) is 0.551. The van der Waals surface area contributed by atoms with Crippen LogP contribution in [0.1, 0.15) is 43.7 Å². The first-order chi connectivity index (χ1) is 13.5. The zero-order valence-corrected chi connectivity index (χ0v) is 17.4. The Morgan fingerprint density at radius 3 is 2.68 bits per heavy atom. The Balaban J connectivity index is 1.58. The van der Waals surface area contributed by atoms with E-state index in [2.05, 4.69) is 30.1 Å². The van der Waals surface area contributed by atoms with Crippen LogP contribution in [0, 0.1) is 12.8 Å². The summed E-state index contributed by atoms with van der Waals surface area (Å²) in [7, 11) is 0. The van der Waals surface area contributed by atoms with Crippen LogP contribution in [-0.2, 0) is 14.3 Å². The number of amides is 2. The summed E-state index contributed by atoms with van der Waals surface area (Å²) in [5.41, 5.74) is 3.17. The van der Waals surface area contributed by atoms with Gasteiger partial charge in [-0.2, -0.15) is 0 Å². The largest absolute Gasteiger partial charge is 0.378 e. The molecular weight excluding hydrogens is 354 g/mol. The number of ether oxygens (including phenoxy) is 1. The second-order valence-corrected chi connectivity index (χ2v) is 8.25. The lowest BCUT2D eigenvalue weighted by Crippen LogP contribution is -2.49. The number of anilines is 1. The molecule has 6 nitrogen and oxygen atoms in total. The van der Waals surface area contributed by atoms with Crippen molar-refractivity contribution in [3.05, 3.63) is 29.3 Å². The van der Waals surface area contributed by atoms with Crippen LogP contribution in [0.3, 0.4) is 0 Å². The van der Waals surface area contributed by atoms with Gasteiger partial charge in [0.15, 0.2) is 0 Å². The highest BCUT2D eigenvalue weighted by Gasteiger charge is 2.30. The Labute approximate surface area is 168 Å². The van der Waals surface area contributed by atoms with E-state index in [0.717, 1.165) is 36.2 Å². The minimum atomic E-state index is -0.00987. The summed E-state index contributed by atoms with van der Waals surface area (Å²) in [4.78, 5) is 29.5. The molecule has 2 amide bonds. The molecule has 1 atom stereocenters. The molecule has 2 heterocycles. The molecule has 28 heavy (non-hydrogen) atoms. The standard InChI is InChI=1S/C22H33N3O3/c1-16(2)19-8-4-6-17(3)21(19)23-20(26)15-24-9-5-7-18(14-24)22(27)25-10-12-28-13-11-25/h4,6,8,16,18H,5,7,9-15H2,1-3H3,(H,23,26). The van der Waals surface area contributed by atoms with Gasteiger partial charge in [-0.25, -0.2) is 0 Å². The van der Waals surface area contributed by atoms with Gasteiger partial charge in [0.05, 0.1) is 25.7 Å². The van der Waals surface area contributed by atoms with Crippen LogP contribution in [0.2, 0.25) is 0 Å². The molecular formula is C22H33N3O3. The molecule has 1 aromatic rings. The molecule has 6 heteroatoms. The quantitative estimate of drug-likeness (QED) is 0.844. The summed E-state index contributed by atoms with van der Waals surface area (Å²) >= 11 is 0. The van der Waals surface area contributed by atoms with Crippen molar-refractivity contribution in [3.63, 3.8) is 0 Å². The number of nitrogens with zero attached hydrogens (tertiary/aromatic N) is 2. The lowest BCUT2D eigenvalue weighted by atomic mass is 9.96. The lowest BCUT2D eigenvalue weighted by Gasteiger charge is -2.36. The van der Waals surface area contributed by atoms with E-state index in [1.165, 1.54) is 0 Å². The number of aryl methyl sites for hydroxylation is 1. The summed E-state index contributed by atoms with van der Waals surface area (Å²) < 4.78 is 5.35. The van der Waals surface area contributed by atoms with Crippen LogP contribution < -0.4 is 5.32 Å². The van der Waals surface area contributed by atoms with Crippen molar-refractivity contribution in [2.24, 2.45) is 5.92 Å². The number of likely N-dealkylation sites (tertiary alicyclic amines) is 1. The summed E-state index contributed by atoms with van der Waals surface area (Å²) in [6.45, 7) is 10.8. The fourth-order valence-electron chi connectivity index (χ4n) is 4.17. The topological polar surface area (TPSA) is 61.9 Å². The molecule has 1 N–H and O–H groups in total. The third kappa shape index (κ3) is 5.11. The predicted octanol–water partition coefficient (Wildman–Crippen LogP) is 2.63. The Kier molecular flexibility index (Phi) is 7.08. The molecule has 0 aromatic heterocycles. The summed E-state index contributed by atoms with van der Waals surface area (Å²) in [5, 5.41) is 3.12. The second-order valence-electron chi connectivity index (χ2n) is 8.25. The van der Waals surface area contributed by atoms with Gasteiger partial charge in [0, 0.05) is 25.3 Å². The number of carbonyl (C=O) groups is 2. The normalized spacial score (nSPS) is 21.0. The average molecular weight is 388 g/mol. The second kappa shape index (κ2) is 9.52. The first-order valence-electron chi connectivity index (χ1n) is 10.4. The van der Waals surface area contributed by atoms with Gasteiger partial charge in [0.25, 0.3) is 0 Å². The van der Waals surface area contributed by atoms with E-state index in [1.807, 2.05) is 24.0 Å². The molecule has 0 aliphatic carbocycles. The Bertz CT molecular complexity index is 698. The lowest BCUT2D eigenvalue weighted by molar-refractivity contribution is -0.141. The van der Waals surface area contributed by atoms with E-state index >= 15 is 0 Å². The molecule has 2 aliphatic rings. The van der Waals surface area contributed by atoms with E-state index < -0.39 is 0 Å². The molecule has 3 rings (SSSR count).